The number of fused-ring (bicyclic) bond motifs is 4. The number of Topliss-reactive ketones (excluding diaryl/α,β-unsaturated/α-hetero) is 2. The molecule has 98 heavy (non-hydrogen) atoms. The number of carbonyl (C=O) groups is 4. The number of aromatic nitrogens is 8. The molecule has 4 aromatic heterocycles. The monoisotopic (exact) mass is 1460 g/mol. The highest BCUT2D eigenvalue weighted by Gasteiger charge is 2.51. The van der Waals surface area contributed by atoms with Gasteiger partial charge < -0.3 is 27.2 Å². The fourth-order valence-corrected chi connectivity index (χ4v) is 27.7. The summed E-state index contributed by atoms with van der Waals surface area (Å²) < 4.78 is 46.9. The first-order chi connectivity index (χ1) is 46.2. The third-order valence-electron chi connectivity index (χ3n) is 23.0. The highest BCUT2D eigenvalue weighted by Crippen LogP contribution is 2.42. The lowest BCUT2D eigenvalue weighted by Gasteiger charge is -2.44. The van der Waals surface area contributed by atoms with Gasteiger partial charge in [0.2, 0.25) is 0 Å². The lowest BCUT2D eigenvalue weighted by Crippen LogP contribution is -2.53. The normalized spacial score (nSPS) is 25.0. The van der Waals surface area contributed by atoms with Crippen molar-refractivity contribution in [2.24, 2.45) is 34.5 Å². The van der Waals surface area contributed by atoms with Crippen LogP contribution >= 0.6 is 22.7 Å². The quantitative estimate of drug-likeness (QED) is 0.0471. The Morgan fingerprint density at radius 3 is 1.07 bits per heavy atom. The summed E-state index contributed by atoms with van der Waals surface area (Å²) in [7, 11) is -9.61. The SMILES string of the molecule is CC[Si](CC)(CC)O[C@H]1[C@@H](C)CCn2cc(nn2)C[C@@H](/C(C)=C/c2csc(C)n2)OC(=O)C[C@H](O[Si](CC)(CC)CC)C(C)(C)C(=O)[C@H](C)[C@@H](O[Si](CC)(CC)CC)[C@@H](C)CCn2cc(nn2)C[C@@H](/C(C)=C/c2csc(C)n2)OC(=O)C[C@H](O[Si](CC)(CC)CC)C(C)(C)C(=O)[C@@H]1C. The number of hydrogen-bond acceptors (Lipinski definition) is 18. The summed E-state index contributed by atoms with van der Waals surface area (Å²) in [5.41, 5.74) is 2.12. The van der Waals surface area contributed by atoms with Gasteiger partial charge >= 0.3 is 11.9 Å². The smallest absolute Gasteiger partial charge is 0.309 e. The molecule has 18 nitrogen and oxygen atoms in total. The van der Waals surface area contributed by atoms with Gasteiger partial charge in [-0.05, 0) is 148 Å². The number of rotatable bonds is 24. The van der Waals surface area contributed by atoms with Gasteiger partial charge in [-0.2, -0.15) is 0 Å². The second-order valence-electron chi connectivity index (χ2n) is 29.7. The molecule has 0 fully saturated rings. The number of aryl methyl sites for hydroxylation is 4. The molecule has 4 bridgehead atoms. The summed E-state index contributed by atoms with van der Waals surface area (Å²) in [6, 6.07) is 10.4. The van der Waals surface area contributed by atoms with Crippen molar-refractivity contribution in [2.75, 3.05) is 0 Å². The van der Waals surface area contributed by atoms with Gasteiger partial charge in [0.1, 0.15) is 23.8 Å². The lowest BCUT2D eigenvalue weighted by molar-refractivity contribution is -0.155. The van der Waals surface area contributed by atoms with Crippen LogP contribution in [0.2, 0.25) is 72.5 Å². The Morgan fingerprint density at radius 1 is 0.500 bits per heavy atom. The minimum atomic E-state index is -2.47. The molecule has 0 amide bonds. The number of thiazole rings is 2. The van der Waals surface area contributed by atoms with Crippen molar-refractivity contribution in [2.45, 2.75) is 327 Å². The molecular formula is C74H128N8O10S2Si4. The van der Waals surface area contributed by atoms with E-state index in [1.165, 1.54) is 0 Å². The summed E-state index contributed by atoms with van der Waals surface area (Å²) in [5, 5.41) is 24.6. The molecule has 1 aliphatic heterocycles. The summed E-state index contributed by atoms with van der Waals surface area (Å²) in [4.78, 5) is 71.5. The van der Waals surface area contributed by atoms with E-state index in [1.54, 1.807) is 22.7 Å². The van der Waals surface area contributed by atoms with Crippen molar-refractivity contribution in [3.8, 4) is 0 Å². The van der Waals surface area contributed by atoms with Gasteiger partial charge in [-0.25, -0.2) is 9.97 Å². The highest BCUT2D eigenvalue weighted by atomic mass is 32.1. The van der Waals surface area contributed by atoms with Crippen LogP contribution in [-0.4, -0.2) is 133 Å². The van der Waals surface area contributed by atoms with Crippen molar-refractivity contribution in [3.63, 3.8) is 0 Å². The Bertz CT molecular complexity index is 2980. The third kappa shape index (κ3) is 22.0. The third-order valence-corrected chi connectivity index (χ3v) is 43.1. The fraction of sp³-hybridized carbons (Fsp3) is 0.757. The number of cyclic esters (lactones) is 2. The molecule has 0 aromatic carbocycles. The number of carbonyl (C=O) groups excluding carboxylic acids is 4. The number of esters is 2. The molecular weight excluding hydrogens is 1340 g/mol. The Labute approximate surface area is 602 Å². The maximum absolute atomic E-state index is 15.9. The van der Waals surface area contributed by atoms with Gasteiger partial charge in [0.05, 0.1) is 70.0 Å². The average Bonchev–Trinajstić information content (AvgIpc) is 0.935. The second-order valence-corrected chi connectivity index (χ2v) is 50.7. The van der Waals surface area contributed by atoms with E-state index in [9.17, 15) is 0 Å². The first kappa shape index (κ1) is 84.7. The van der Waals surface area contributed by atoms with E-state index in [1.807, 2.05) is 114 Å². The van der Waals surface area contributed by atoms with Crippen molar-refractivity contribution in [3.05, 3.63) is 67.1 Å². The largest absolute Gasteiger partial charge is 0.457 e. The standard InChI is InChI=1S/C74H128N8O10S2Si4/c1-25-95(26-2,27-3)89-65-45-67(83)87-63(53(15)41-61-49-93-57(19)75-61)43-59-47-82(79-77-59)40-38-52(14)70(92-98(34-10,35-11)36-12)56(18)72(86)74(23,24)66(90-96(28-4,29-5)30-6)46-68(84)88-64(54(16)42-62-50-94-58(20)76-62)44-60-48-81(80-78-60)39-37-51(13)69(55(17)71(85)73(65,21)22)91-97(31-7,32-8)33-9/h41-42,47-52,55-56,63-66,69-70H,25-40,43-46H2,1-24H3/b53-41+,54-42+/t51-,52-,55+,56+,63-,64-,65-,66-,69-,70-/m0/s1. The van der Waals surface area contributed by atoms with Crippen molar-refractivity contribution in [1.29, 1.82) is 0 Å². The molecule has 0 unspecified atom stereocenters. The summed E-state index contributed by atoms with van der Waals surface area (Å²) in [6.07, 6.45) is 5.25. The maximum Gasteiger partial charge on any atom is 0.309 e. The Morgan fingerprint density at radius 2 is 0.796 bits per heavy atom. The highest BCUT2D eigenvalue weighted by molar-refractivity contribution is 7.09. The van der Waals surface area contributed by atoms with Crippen LogP contribution in [-0.2, 0) is 72.3 Å². The van der Waals surface area contributed by atoms with Gasteiger partial charge in [-0.3, -0.25) is 28.5 Å². The molecule has 552 valence electrons. The Hall–Kier alpha value is -3.99. The van der Waals surface area contributed by atoms with Crippen LogP contribution < -0.4 is 0 Å². The fourth-order valence-electron chi connectivity index (χ4n) is 14.6. The van der Waals surface area contributed by atoms with Crippen molar-refractivity contribution >= 4 is 91.6 Å². The van der Waals surface area contributed by atoms with Crippen LogP contribution in [0.3, 0.4) is 0 Å². The Balaban J connectivity index is 1.71. The molecule has 4 aromatic rings. The van der Waals surface area contributed by atoms with Crippen LogP contribution in [0.25, 0.3) is 12.2 Å². The van der Waals surface area contributed by atoms with Crippen LogP contribution in [0.15, 0.2) is 34.3 Å². The summed E-state index contributed by atoms with van der Waals surface area (Å²) in [5.74, 6) is -2.33. The van der Waals surface area contributed by atoms with E-state index < -0.39 is 104 Å². The molecule has 0 spiro atoms. The zero-order chi connectivity index (χ0) is 73.1. The minimum Gasteiger partial charge on any atom is -0.457 e. The van der Waals surface area contributed by atoms with Gasteiger partial charge in [-0.1, -0.05) is 149 Å². The number of ketones is 2. The number of ether oxygens (including phenoxy) is 2. The van der Waals surface area contributed by atoms with Crippen molar-refractivity contribution in [1.82, 2.24) is 40.0 Å². The molecule has 5 rings (SSSR count). The zero-order valence-electron chi connectivity index (χ0n) is 64.9. The Kier molecular flexibility index (Phi) is 32.8. The van der Waals surface area contributed by atoms with Gasteiger partial charge in [-0.15, -0.1) is 32.9 Å². The molecule has 0 saturated heterocycles. The first-order valence-electron chi connectivity index (χ1n) is 37.4. The molecule has 0 N–H and O–H groups in total. The van der Waals surface area contributed by atoms with E-state index in [4.69, 9.17) is 47.3 Å². The topological polar surface area (TPSA) is 211 Å². The van der Waals surface area contributed by atoms with Crippen LogP contribution in [0, 0.1) is 48.3 Å². The second kappa shape index (κ2) is 38.0. The molecule has 0 aliphatic carbocycles. The molecule has 1 aliphatic rings. The van der Waals surface area contributed by atoms with Gasteiger partial charge in [0.15, 0.2) is 33.3 Å². The predicted octanol–water partition coefficient (Wildman–Crippen LogP) is 18.1. The van der Waals surface area contributed by atoms with E-state index >= 15 is 19.2 Å². The molecule has 0 saturated carbocycles. The molecule has 0 radical (unpaired) electrons. The average molecular weight is 1470 g/mol. The molecule has 10 atom stereocenters. The predicted molar refractivity (Wildman–Crippen MR) is 409 cm³/mol. The van der Waals surface area contributed by atoms with Crippen LogP contribution in [0.5, 0.6) is 0 Å². The molecule has 5 heterocycles. The zero-order valence-corrected chi connectivity index (χ0v) is 70.5. The van der Waals surface area contributed by atoms with E-state index in [2.05, 4.69) is 107 Å². The summed E-state index contributed by atoms with van der Waals surface area (Å²) in [6.45, 7) is 51.3. The number of nitrogens with zero attached hydrogens (tertiary/aromatic N) is 8. The lowest BCUT2D eigenvalue weighted by atomic mass is 9.73. The minimum absolute atomic E-state index is 0.0155. The summed E-state index contributed by atoms with van der Waals surface area (Å²) >= 11 is 3.11. The van der Waals surface area contributed by atoms with Gasteiger partial charge in [0.25, 0.3) is 0 Å². The van der Waals surface area contributed by atoms with E-state index in [0.717, 1.165) is 105 Å². The van der Waals surface area contributed by atoms with Crippen LogP contribution in [0.1, 0.15) is 211 Å². The maximum atomic E-state index is 15.9. The van der Waals surface area contributed by atoms with Gasteiger partial charge in [0, 0.05) is 71.8 Å². The molecule has 24 heteroatoms. The van der Waals surface area contributed by atoms with E-state index in [0.29, 0.717) is 37.3 Å². The van der Waals surface area contributed by atoms with Crippen molar-refractivity contribution < 1.29 is 46.4 Å². The number of hydrogen-bond donors (Lipinski definition) is 0. The van der Waals surface area contributed by atoms with E-state index in [-0.39, 0.29) is 49.1 Å². The van der Waals surface area contributed by atoms with Crippen LogP contribution in [0.4, 0.5) is 0 Å². The first-order valence-corrected chi connectivity index (χ1v) is 49.3.